The number of nitrogens with one attached hydrogen (secondary N) is 2. The number of carbonyl (C=O) groups is 3. The smallest absolute Gasteiger partial charge is 0.324 e. The van der Waals surface area contributed by atoms with Crippen molar-refractivity contribution in [1.82, 2.24) is 10.2 Å². The van der Waals surface area contributed by atoms with Gasteiger partial charge in [-0.25, -0.2) is 4.79 Å². The van der Waals surface area contributed by atoms with Gasteiger partial charge in [-0.1, -0.05) is 25.8 Å². The Morgan fingerprint density at radius 2 is 2.20 bits per heavy atom. The van der Waals surface area contributed by atoms with Crippen LogP contribution in [0.25, 0.3) is 0 Å². The molecule has 2 aliphatic rings. The molecule has 0 radical (unpaired) electrons. The van der Waals surface area contributed by atoms with E-state index in [1.165, 1.54) is 0 Å². The summed E-state index contributed by atoms with van der Waals surface area (Å²) in [7, 11) is 0. The lowest BCUT2D eigenvalue weighted by atomic mass is 9.73. The number of urea groups is 1. The molecule has 2 unspecified atom stereocenters. The van der Waals surface area contributed by atoms with Crippen LogP contribution >= 0.6 is 11.8 Å². The summed E-state index contributed by atoms with van der Waals surface area (Å²) in [6.07, 6.45) is 5.50. The highest BCUT2D eigenvalue weighted by Crippen LogP contribution is 2.38. The Bertz CT molecular complexity index is 709. The maximum absolute atomic E-state index is 12.9. The third-order valence-electron chi connectivity index (χ3n) is 5.16. The maximum Gasteiger partial charge on any atom is 0.325 e. The zero-order chi connectivity index (χ0) is 18.0. The summed E-state index contributed by atoms with van der Waals surface area (Å²) in [5, 5.41) is 5.62. The average Bonchev–Trinajstić information content (AvgIpc) is 2.83. The van der Waals surface area contributed by atoms with Gasteiger partial charge in [0.1, 0.15) is 12.1 Å². The predicted octanol–water partition coefficient (Wildman–Crippen LogP) is 2.85. The number of hydrogen-bond acceptors (Lipinski definition) is 4. The van der Waals surface area contributed by atoms with E-state index in [9.17, 15) is 14.4 Å². The number of rotatable bonds is 4. The van der Waals surface area contributed by atoms with Crippen LogP contribution < -0.4 is 10.6 Å². The van der Waals surface area contributed by atoms with Crippen LogP contribution in [0, 0.1) is 5.92 Å². The molecule has 2 N–H and O–H groups in total. The van der Waals surface area contributed by atoms with Crippen LogP contribution in [-0.2, 0) is 9.59 Å². The number of thioether (sulfide) groups is 1. The largest absolute Gasteiger partial charge is 0.325 e. The van der Waals surface area contributed by atoms with Crippen LogP contribution in [0.2, 0.25) is 0 Å². The van der Waals surface area contributed by atoms with Crippen molar-refractivity contribution in [3.05, 3.63) is 24.3 Å². The molecule has 7 heteroatoms. The molecule has 1 saturated carbocycles. The summed E-state index contributed by atoms with van der Waals surface area (Å²) in [5.41, 5.74) is -0.168. The van der Waals surface area contributed by atoms with Gasteiger partial charge in [-0.15, -0.1) is 11.8 Å². The second-order valence-corrected chi connectivity index (χ2v) is 7.60. The van der Waals surface area contributed by atoms with Crippen molar-refractivity contribution in [1.29, 1.82) is 0 Å². The second-order valence-electron chi connectivity index (χ2n) is 6.72. The topological polar surface area (TPSA) is 78.5 Å². The van der Waals surface area contributed by atoms with Crippen LogP contribution in [0.4, 0.5) is 10.5 Å². The molecule has 3 rings (SSSR count). The van der Waals surface area contributed by atoms with E-state index in [0.29, 0.717) is 12.1 Å². The Labute approximate surface area is 151 Å². The van der Waals surface area contributed by atoms with Gasteiger partial charge >= 0.3 is 6.03 Å². The fourth-order valence-corrected chi connectivity index (χ4v) is 4.14. The Morgan fingerprint density at radius 1 is 1.40 bits per heavy atom. The molecule has 1 aliphatic heterocycles. The van der Waals surface area contributed by atoms with Gasteiger partial charge in [-0.05, 0) is 43.2 Å². The fourth-order valence-electron chi connectivity index (χ4n) is 3.68. The molecule has 2 fully saturated rings. The number of amides is 4. The minimum absolute atomic E-state index is 0.0871. The minimum atomic E-state index is -0.825. The highest BCUT2D eigenvalue weighted by Gasteiger charge is 2.55. The summed E-state index contributed by atoms with van der Waals surface area (Å²) < 4.78 is 0. The van der Waals surface area contributed by atoms with E-state index in [2.05, 4.69) is 10.6 Å². The van der Waals surface area contributed by atoms with E-state index in [-0.39, 0.29) is 24.3 Å². The quantitative estimate of drug-likeness (QED) is 0.638. The maximum atomic E-state index is 12.9. The van der Waals surface area contributed by atoms with E-state index < -0.39 is 11.6 Å². The van der Waals surface area contributed by atoms with Crippen molar-refractivity contribution in [2.45, 2.75) is 43.0 Å². The van der Waals surface area contributed by atoms with E-state index in [0.717, 1.165) is 29.1 Å². The van der Waals surface area contributed by atoms with E-state index >= 15 is 0 Å². The minimum Gasteiger partial charge on any atom is -0.324 e. The molecule has 4 amide bonds. The van der Waals surface area contributed by atoms with Crippen molar-refractivity contribution in [2.24, 2.45) is 5.92 Å². The standard InChI is InChI=1S/C18H23N3O3S/c1-12-6-3-4-9-18(12)16(23)21(17(24)20-18)11-15(22)19-13-7-5-8-14(10-13)25-2/h5,7-8,10,12H,3-4,6,9,11H2,1-2H3,(H,19,22)(H,20,24). The number of nitrogens with zero attached hydrogens (tertiary/aromatic N) is 1. The zero-order valence-corrected chi connectivity index (χ0v) is 15.3. The van der Waals surface area contributed by atoms with Gasteiger partial charge in [-0.2, -0.15) is 0 Å². The Balaban J connectivity index is 1.68. The van der Waals surface area contributed by atoms with Gasteiger partial charge < -0.3 is 10.6 Å². The summed E-state index contributed by atoms with van der Waals surface area (Å²) in [6, 6.07) is 6.99. The molecule has 1 aromatic rings. The molecule has 1 heterocycles. The number of carbonyl (C=O) groups excluding carboxylic acids is 3. The molecule has 1 saturated heterocycles. The zero-order valence-electron chi connectivity index (χ0n) is 14.5. The van der Waals surface area contributed by atoms with Gasteiger partial charge in [0.2, 0.25) is 5.91 Å². The number of benzene rings is 1. The first-order chi connectivity index (χ1) is 12.0. The molecule has 6 nitrogen and oxygen atoms in total. The highest BCUT2D eigenvalue weighted by atomic mass is 32.2. The first-order valence-electron chi connectivity index (χ1n) is 8.54. The SMILES string of the molecule is CSc1cccc(NC(=O)CN2C(=O)NC3(CCCCC3C)C2=O)c1. The fraction of sp³-hybridized carbons (Fsp3) is 0.500. The third kappa shape index (κ3) is 3.38. The normalized spacial score (nSPS) is 26.0. The molecule has 1 aliphatic carbocycles. The molecule has 0 aromatic heterocycles. The van der Waals surface area contributed by atoms with Crippen LogP contribution in [0.3, 0.4) is 0 Å². The lowest BCUT2D eigenvalue weighted by Crippen LogP contribution is -2.54. The molecule has 25 heavy (non-hydrogen) atoms. The number of imide groups is 1. The highest BCUT2D eigenvalue weighted by molar-refractivity contribution is 7.98. The van der Waals surface area contributed by atoms with Crippen molar-refractivity contribution in [2.75, 3.05) is 18.1 Å². The molecule has 0 bridgehead atoms. The van der Waals surface area contributed by atoms with E-state index in [4.69, 9.17) is 0 Å². The van der Waals surface area contributed by atoms with Gasteiger partial charge in [0.15, 0.2) is 0 Å². The van der Waals surface area contributed by atoms with Crippen molar-refractivity contribution < 1.29 is 14.4 Å². The molecular formula is C18H23N3O3S. The Morgan fingerprint density at radius 3 is 2.92 bits per heavy atom. The predicted molar refractivity (Wildman–Crippen MR) is 97.5 cm³/mol. The summed E-state index contributed by atoms with van der Waals surface area (Å²) in [6.45, 7) is 1.73. The van der Waals surface area contributed by atoms with Crippen LogP contribution in [0.5, 0.6) is 0 Å². The lowest BCUT2D eigenvalue weighted by molar-refractivity contribution is -0.136. The monoisotopic (exact) mass is 361 g/mol. The van der Waals surface area contributed by atoms with Crippen LogP contribution in [0.15, 0.2) is 29.2 Å². The molecule has 1 aromatic carbocycles. The van der Waals surface area contributed by atoms with Gasteiger partial charge in [0, 0.05) is 10.6 Å². The lowest BCUT2D eigenvalue weighted by Gasteiger charge is -2.36. The van der Waals surface area contributed by atoms with E-state index in [1.54, 1.807) is 17.8 Å². The number of hydrogen-bond donors (Lipinski definition) is 2. The molecule has 134 valence electrons. The first kappa shape index (κ1) is 17.8. The van der Waals surface area contributed by atoms with Crippen molar-refractivity contribution in [3.8, 4) is 0 Å². The van der Waals surface area contributed by atoms with Crippen molar-refractivity contribution >= 4 is 35.3 Å². The average molecular weight is 361 g/mol. The van der Waals surface area contributed by atoms with Gasteiger partial charge in [-0.3, -0.25) is 14.5 Å². The molecule has 2 atom stereocenters. The summed E-state index contributed by atoms with van der Waals surface area (Å²) in [5.74, 6) is -0.552. The van der Waals surface area contributed by atoms with Gasteiger partial charge in [0.25, 0.3) is 5.91 Å². The first-order valence-corrected chi connectivity index (χ1v) is 9.77. The Hall–Kier alpha value is -2.02. The third-order valence-corrected chi connectivity index (χ3v) is 5.88. The Kier molecular flexibility index (Phi) is 5.03. The number of anilines is 1. The van der Waals surface area contributed by atoms with E-state index in [1.807, 2.05) is 31.4 Å². The van der Waals surface area contributed by atoms with Crippen LogP contribution in [0.1, 0.15) is 32.6 Å². The molecular weight excluding hydrogens is 338 g/mol. The van der Waals surface area contributed by atoms with Crippen molar-refractivity contribution in [3.63, 3.8) is 0 Å². The summed E-state index contributed by atoms with van der Waals surface area (Å²) in [4.78, 5) is 39.6. The summed E-state index contributed by atoms with van der Waals surface area (Å²) >= 11 is 1.58. The van der Waals surface area contributed by atoms with Gasteiger partial charge in [0.05, 0.1) is 0 Å². The second kappa shape index (κ2) is 7.07. The molecule has 1 spiro atoms. The van der Waals surface area contributed by atoms with Crippen LogP contribution in [-0.4, -0.2) is 41.1 Å².